The van der Waals surface area contributed by atoms with Crippen LogP contribution in [0.4, 0.5) is 10.5 Å². The summed E-state index contributed by atoms with van der Waals surface area (Å²) in [6.07, 6.45) is 10.1. The van der Waals surface area contributed by atoms with Crippen LogP contribution >= 0.6 is 0 Å². The standard InChI is InChI=1S/C17H21N3O/c1-2-13-4-3-5-15(12-13)19-17(21)18-14-8-10-20(11-9-14)16-6-7-16/h1,3-5,12,14,16H,6-11H2,(H2,18,19,21). The van der Waals surface area contributed by atoms with Crippen molar-refractivity contribution in [2.45, 2.75) is 37.8 Å². The van der Waals surface area contributed by atoms with Crippen molar-refractivity contribution in [3.8, 4) is 12.3 Å². The zero-order valence-corrected chi connectivity index (χ0v) is 12.1. The molecule has 1 aliphatic heterocycles. The van der Waals surface area contributed by atoms with Crippen LogP contribution in [0.5, 0.6) is 0 Å². The Labute approximate surface area is 125 Å². The van der Waals surface area contributed by atoms with Gasteiger partial charge in [0.15, 0.2) is 0 Å². The van der Waals surface area contributed by atoms with Crippen molar-refractivity contribution < 1.29 is 4.79 Å². The zero-order chi connectivity index (χ0) is 14.7. The van der Waals surface area contributed by atoms with Crippen molar-refractivity contribution in [2.75, 3.05) is 18.4 Å². The molecule has 1 saturated heterocycles. The van der Waals surface area contributed by atoms with E-state index in [-0.39, 0.29) is 12.1 Å². The number of anilines is 1. The van der Waals surface area contributed by atoms with Gasteiger partial charge in [0, 0.05) is 36.4 Å². The summed E-state index contributed by atoms with van der Waals surface area (Å²) in [5.41, 5.74) is 1.50. The first kappa shape index (κ1) is 14.0. The summed E-state index contributed by atoms with van der Waals surface area (Å²) in [4.78, 5) is 14.6. The average Bonchev–Trinajstić information content (AvgIpc) is 3.33. The van der Waals surface area contributed by atoms with E-state index in [2.05, 4.69) is 21.5 Å². The van der Waals surface area contributed by atoms with Crippen molar-refractivity contribution in [2.24, 2.45) is 0 Å². The molecule has 0 aromatic heterocycles. The lowest BCUT2D eigenvalue weighted by molar-refractivity contribution is 0.189. The molecule has 0 radical (unpaired) electrons. The van der Waals surface area contributed by atoms with Crippen LogP contribution in [0.25, 0.3) is 0 Å². The van der Waals surface area contributed by atoms with Gasteiger partial charge in [0.25, 0.3) is 0 Å². The Morgan fingerprint density at radius 2 is 2.00 bits per heavy atom. The van der Waals surface area contributed by atoms with Gasteiger partial charge < -0.3 is 15.5 Å². The quantitative estimate of drug-likeness (QED) is 0.837. The van der Waals surface area contributed by atoms with E-state index in [9.17, 15) is 4.79 Å². The summed E-state index contributed by atoms with van der Waals surface area (Å²) >= 11 is 0. The maximum Gasteiger partial charge on any atom is 0.319 e. The molecule has 2 N–H and O–H groups in total. The third-order valence-electron chi connectivity index (χ3n) is 4.22. The van der Waals surface area contributed by atoms with Crippen LogP contribution in [0.15, 0.2) is 24.3 Å². The minimum atomic E-state index is -0.144. The Morgan fingerprint density at radius 3 is 2.67 bits per heavy atom. The van der Waals surface area contributed by atoms with Crippen molar-refractivity contribution in [3.05, 3.63) is 29.8 Å². The van der Waals surface area contributed by atoms with Gasteiger partial charge in [-0.25, -0.2) is 4.79 Å². The van der Waals surface area contributed by atoms with Crippen LogP contribution in [-0.4, -0.2) is 36.1 Å². The molecule has 0 unspecified atom stereocenters. The molecule has 1 saturated carbocycles. The van der Waals surface area contributed by atoms with Gasteiger partial charge in [0.1, 0.15) is 0 Å². The first-order chi connectivity index (χ1) is 10.2. The van der Waals surface area contributed by atoms with E-state index in [4.69, 9.17) is 6.42 Å². The van der Waals surface area contributed by atoms with Crippen LogP contribution in [-0.2, 0) is 0 Å². The average molecular weight is 283 g/mol. The van der Waals surface area contributed by atoms with Gasteiger partial charge in [-0.05, 0) is 43.9 Å². The predicted molar refractivity (Wildman–Crippen MR) is 84.1 cm³/mol. The van der Waals surface area contributed by atoms with Gasteiger partial charge in [-0.1, -0.05) is 12.0 Å². The molecule has 2 amide bonds. The first-order valence-corrected chi connectivity index (χ1v) is 7.63. The molecule has 0 spiro atoms. The Hall–Kier alpha value is -1.99. The minimum Gasteiger partial charge on any atom is -0.335 e. The Kier molecular flexibility index (Phi) is 4.12. The number of nitrogens with one attached hydrogen (secondary N) is 2. The zero-order valence-electron chi connectivity index (χ0n) is 12.1. The van der Waals surface area contributed by atoms with Crippen molar-refractivity contribution in [1.82, 2.24) is 10.2 Å². The molecule has 0 atom stereocenters. The molecular formula is C17H21N3O. The van der Waals surface area contributed by atoms with Crippen molar-refractivity contribution in [1.29, 1.82) is 0 Å². The van der Waals surface area contributed by atoms with E-state index < -0.39 is 0 Å². The SMILES string of the molecule is C#Cc1cccc(NC(=O)NC2CCN(C3CC3)CC2)c1. The van der Waals surface area contributed by atoms with E-state index in [0.717, 1.165) is 43.2 Å². The van der Waals surface area contributed by atoms with Crippen molar-refractivity contribution in [3.63, 3.8) is 0 Å². The van der Waals surface area contributed by atoms with Crippen molar-refractivity contribution >= 4 is 11.7 Å². The lowest BCUT2D eigenvalue weighted by Gasteiger charge is -2.32. The summed E-state index contributed by atoms with van der Waals surface area (Å²) in [5, 5.41) is 5.91. The largest absolute Gasteiger partial charge is 0.335 e. The Bertz CT molecular complexity index is 551. The number of amides is 2. The van der Waals surface area contributed by atoms with Gasteiger partial charge in [0.2, 0.25) is 0 Å². The maximum absolute atomic E-state index is 12.0. The molecule has 3 rings (SSSR count). The molecule has 4 nitrogen and oxygen atoms in total. The predicted octanol–water partition coefficient (Wildman–Crippen LogP) is 2.42. The number of carbonyl (C=O) groups excluding carboxylic acids is 1. The topological polar surface area (TPSA) is 44.4 Å². The molecule has 2 fully saturated rings. The highest BCUT2D eigenvalue weighted by atomic mass is 16.2. The molecule has 1 aromatic rings. The lowest BCUT2D eigenvalue weighted by Crippen LogP contribution is -2.46. The first-order valence-electron chi connectivity index (χ1n) is 7.63. The molecule has 1 heterocycles. The normalized spacial score (nSPS) is 19.8. The third-order valence-corrected chi connectivity index (χ3v) is 4.22. The smallest absolute Gasteiger partial charge is 0.319 e. The van der Waals surface area contributed by atoms with Gasteiger partial charge in [-0.2, -0.15) is 0 Å². The molecule has 4 heteroatoms. The number of nitrogens with zero attached hydrogens (tertiary/aromatic N) is 1. The number of benzene rings is 1. The second kappa shape index (κ2) is 6.19. The van der Waals surface area contributed by atoms with E-state index in [1.54, 1.807) is 6.07 Å². The van der Waals surface area contributed by atoms with E-state index in [1.807, 2.05) is 18.2 Å². The molecule has 110 valence electrons. The highest BCUT2D eigenvalue weighted by molar-refractivity contribution is 5.89. The molecule has 0 bridgehead atoms. The number of likely N-dealkylation sites (tertiary alicyclic amines) is 1. The fourth-order valence-corrected chi connectivity index (χ4v) is 2.89. The summed E-state index contributed by atoms with van der Waals surface area (Å²) in [7, 11) is 0. The fourth-order valence-electron chi connectivity index (χ4n) is 2.89. The van der Waals surface area contributed by atoms with Gasteiger partial charge in [0.05, 0.1) is 0 Å². The third kappa shape index (κ3) is 3.77. The second-order valence-electron chi connectivity index (χ2n) is 5.87. The van der Waals surface area contributed by atoms with Crippen LogP contribution < -0.4 is 10.6 Å². The van der Waals surface area contributed by atoms with Gasteiger partial charge >= 0.3 is 6.03 Å². The summed E-state index contributed by atoms with van der Waals surface area (Å²) < 4.78 is 0. The lowest BCUT2D eigenvalue weighted by atomic mass is 10.1. The highest BCUT2D eigenvalue weighted by Crippen LogP contribution is 2.29. The van der Waals surface area contributed by atoms with Crippen LogP contribution in [0.1, 0.15) is 31.2 Å². The van der Waals surface area contributed by atoms with E-state index >= 15 is 0 Å². The number of urea groups is 1. The Balaban J connectivity index is 1.46. The minimum absolute atomic E-state index is 0.144. The molecule has 1 aliphatic carbocycles. The van der Waals surface area contributed by atoms with Gasteiger partial charge in [-0.3, -0.25) is 0 Å². The van der Waals surface area contributed by atoms with Crippen LogP contribution in [0.2, 0.25) is 0 Å². The number of hydrogen-bond donors (Lipinski definition) is 2. The van der Waals surface area contributed by atoms with E-state index in [0.29, 0.717) is 0 Å². The second-order valence-corrected chi connectivity index (χ2v) is 5.87. The summed E-state index contributed by atoms with van der Waals surface area (Å²) in [6, 6.07) is 8.29. The van der Waals surface area contributed by atoms with Crippen LogP contribution in [0, 0.1) is 12.3 Å². The fraction of sp³-hybridized carbons (Fsp3) is 0.471. The summed E-state index contributed by atoms with van der Waals surface area (Å²) in [5.74, 6) is 2.57. The number of hydrogen-bond acceptors (Lipinski definition) is 2. The monoisotopic (exact) mass is 283 g/mol. The number of rotatable bonds is 3. The highest BCUT2D eigenvalue weighted by Gasteiger charge is 2.32. The maximum atomic E-state index is 12.0. The van der Waals surface area contributed by atoms with Gasteiger partial charge in [-0.15, -0.1) is 6.42 Å². The Morgan fingerprint density at radius 1 is 1.24 bits per heavy atom. The summed E-state index contributed by atoms with van der Waals surface area (Å²) in [6.45, 7) is 2.20. The molecule has 2 aliphatic rings. The van der Waals surface area contributed by atoms with E-state index in [1.165, 1.54) is 12.8 Å². The molecule has 1 aromatic carbocycles. The number of carbonyl (C=O) groups is 1. The molecule has 21 heavy (non-hydrogen) atoms. The number of piperidine rings is 1. The van der Waals surface area contributed by atoms with Crippen LogP contribution in [0.3, 0.4) is 0 Å². The number of terminal acetylenes is 1. The molecular weight excluding hydrogens is 262 g/mol.